The van der Waals surface area contributed by atoms with Gasteiger partial charge < -0.3 is 14.4 Å². The van der Waals surface area contributed by atoms with Crippen molar-refractivity contribution in [3.8, 4) is 11.5 Å². The molecule has 0 bridgehead atoms. The highest BCUT2D eigenvalue weighted by atomic mass is 35.5. The molecule has 0 aliphatic carbocycles. The number of alkyl halides is 1. The van der Waals surface area contributed by atoms with E-state index >= 15 is 0 Å². The minimum atomic E-state index is -0.0372. The van der Waals surface area contributed by atoms with Gasteiger partial charge in [-0.15, -0.1) is 11.6 Å². The van der Waals surface area contributed by atoms with Gasteiger partial charge in [0.2, 0.25) is 0 Å². The minimum Gasteiger partial charge on any atom is -0.490 e. The van der Waals surface area contributed by atoms with Gasteiger partial charge >= 0.3 is 0 Å². The molecule has 1 aromatic carbocycles. The molecule has 0 heterocycles. The molecular formula is C16H26ClNO2. The molecular weight excluding hydrogens is 274 g/mol. The maximum Gasteiger partial charge on any atom is 0.161 e. The number of ether oxygens (including phenoxy) is 2. The van der Waals surface area contributed by atoms with Gasteiger partial charge in [-0.3, -0.25) is 0 Å². The Bertz CT molecular complexity index is 394. The maximum atomic E-state index is 6.52. The average molecular weight is 300 g/mol. The fourth-order valence-electron chi connectivity index (χ4n) is 2.08. The van der Waals surface area contributed by atoms with Crippen LogP contribution in [0, 0.1) is 0 Å². The molecule has 3 nitrogen and oxygen atoms in total. The van der Waals surface area contributed by atoms with Gasteiger partial charge in [0.25, 0.3) is 0 Å². The van der Waals surface area contributed by atoms with Crippen LogP contribution in [0.3, 0.4) is 0 Å². The van der Waals surface area contributed by atoms with Crippen molar-refractivity contribution in [2.75, 3.05) is 32.8 Å². The van der Waals surface area contributed by atoms with Gasteiger partial charge in [0, 0.05) is 6.54 Å². The van der Waals surface area contributed by atoms with E-state index in [1.807, 2.05) is 32.0 Å². The van der Waals surface area contributed by atoms with Gasteiger partial charge in [0.15, 0.2) is 11.5 Å². The van der Waals surface area contributed by atoms with Crippen molar-refractivity contribution in [1.29, 1.82) is 0 Å². The molecule has 0 spiro atoms. The fourth-order valence-corrected chi connectivity index (χ4v) is 2.41. The highest BCUT2D eigenvalue weighted by Crippen LogP contribution is 2.33. The molecule has 1 aromatic rings. The number of benzene rings is 1. The lowest BCUT2D eigenvalue weighted by Gasteiger charge is -2.22. The van der Waals surface area contributed by atoms with Crippen LogP contribution in [0.2, 0.25) is 0 Å². The Kier molecular flexibility index (Phi) is 7.78. The van der Waals surface area contributed by atoms with Gasteiger partial charge in [-0.05, 0) is 44.6 Å². The largest absolute Gasteiger partial charge is 0.490 e. The summed E-state index contributed by atoms with van der Waals surface area (Å²) >= 11 is 6.52. The lowest BCUT2D eigenvalue weighted by atomic mass is 10.1. The summed E-state index contributed by atoms with van der Waals surface area (Å²) in [5.41, 5.74) is 1.07. The first-order valence-electron chi connectivity index (χ1n) is 7.42. The van der Waals surface area contributed by atoms with Crippen LogP contribution in [0.25, 0.3) is 0 Å². The number of rotatable bonds is 9. The zero-order chi connectivity index (χ0) is 15.0. The van der Waals surface area contributed by atoms with Crippen LogP contribution < -0.4 is 9.47 Å². The highest BCUT2D eigenvalue weighted by Gasteiger charge is 2.14. The molecule has 20 heavy (non-hydrogen) atoms. The fraction of sp³-hybridized carbons (Fsp3) is 0.625. The topological polar surface area (TPSA) is 21.7 Å². The second-order valence-corrected chi connectivity index (χ2v) is 5.05. The van der Waals surface area contributed by atoms with Crippen molar-refractivity contribution in [1.82, 2.24) is 4.90 Å². The van der Waals surface area contributed by atoms with Crippen molar-refractivity contribution < 1.29 is 9.47 Å². The molecule has 0 amide bonds. The van der Waals surface area contributed by atoms with Gasteiger partial charge in [-0.2, -0.15) is 0 Å². The van der Waals surface area contributed by atoms with Gasteiger partial charge in [-0.25, -0.2) is 0 Å². The molecule has 0 radical (unpaired) electrons. The SMILES string of the molecule is CCOc1ccc(C(Cl)CN(CC)CC)cc1OCC. The van der Waals surface area contributed by atoms with Crippen LogP contribution in [-0.4, -0.2) is 37.7 Å². The Morgan fingerprint density at radius 3 is 2.15 bits per heavy atom. The number of hydrogen-bond donors (Lipinski definition) is 0. The zero-order valence-electron chi connectivity index (χ0n) is 13.0. The summed E-state index contributed by atoms with van der Waals surface area (Å²) in [5.74, 6) is 1.56. The van der Waals surface area contributed by atoms with Crippen LogP contribution in [0.1, 0.15) is 38.6 Å². The van der Waals surface area contributed by atoms with E-state index in [1.165, 1.54) is 0 Å². The first kappa shape index (κ1) is 17.1. The summed E-state index contributed by atoms with van der Waals surface area (Å²) in [4.78, 5) is 2.31. The first-order chi connectivity index (χ1) is 9.65. The minimum absolute atomic E-state index is 0.0372. The third kappa shape index (κ3) is 4.88. The van der Waals surface area contributed by atoms with Gasteiger partial charge in [0.05, 0.1) is 18.6 Å². The lowest BCUT2D eigenvalue weighted by Crippen LogP contribution is -2.26. The predicted molar refractivity (Wildman–Crippen MR) is 85.2 cm³/mol. The van der Waals surface area contributed by atoms with E-state index in [-0.39, 0.29) is 5.38 Å². The number of likely N-dealkylation sites (N-methyl/N-ethyl adjacent to an activating group) is 1. The predicted octanol–water partition coefficient (Wildman–Crippen LogP) is 4.11. The number of nitrogens with zero attached hydrogens (tertiary/aromatic N) is 1. The van der Waals surface area contributed by atoms with E-state index in [2.05, 4.69) is 18.7 Å². The third-order valence-electron chi connectivity index (χ3n) is 3.24. The molecule has 0 saturated carbocycles. The maximum absolute atomic E-state index is 6.52. The van der Waals surface area contributed by atoms with Crippen molar-refractivity contribution >= 4 is 11.6 Å². The molecule has 0 aliphatic rings. The van der Waals surface area contributed by atoms with Crippen molar-refractivity contribution in [2.45, 2.75) is 33.1 Å². The van der Waals surface area contributed by atoms with Crippen LogP contribution >= 0.6 is 11.6 Å². The van der Waals surface area contributed by atoms with E-state index < -0.39 is 0 Å². The Hall–Kier alpha value is -0.930. The van der Waals surface area contributed by atoms with E-state index in [1.54, 1.807) is 0 Å². The summed E-state index contributed by atoms with van der Waals surface area (Å²) < 4.78 is 11.2. The van der Waals surface area contributed by atoms with Gasteiger partial charge in [-0.1, -0.05) is 19.9 Å². The average Bonchev–Trinajstić information content (AvgIpc) is 2.46. The van der Waals surface area contributed by atoms with Crippen LogP contribution in [-0.2, 0) is 0 Å². The second-order valence-electron chi connectivity index (χ2n) is 4.53. The third-order valence-corrected chi connectivity index (χ3v) is 3.63. The molecule has 0 fully saturated rings. The molecule has 114 valence electrons. The van der Waals surface area contributed by atoms with Crippen LogP contribution in [0.15, 0.2) is 18.2 Å². The van der Waals surface area contributed by atoms with Crippen molar-refractivity contribution in [3.05, 3.63) is 23.8 Å². The molecule has 0 saturated heterocycles. The first-order valence-corrected chi connectivity index (χ1v) is 7.85. The molecule has 0 N–H and O–H groups in total. The van der Waals surface area contributed by atoms with Crippen molar-refractivity contribution in [2.24, 2.45) is 0 Å². The standard InChI is InChI=1S/C16H26ClNO2/c1-5-18(6-2)12-14(17)13-9-10-15(19-7-3)16(11-13)20-8-4/h9-11,14H,5-8,12H2,1-4H3. The van der Waals surface area contributed by atoms with E-state index in [9.17, 15) is 0 Å². The zero-order valence-corrected chi connectivity index (χ0v) is 13.7. The van der Waals surface area contributed by atoms with E-state index in [4.69, 9.17) is 21.1 Å². The van der Waals surface area contributed by atoms with Crippen molar-refractivity contribution in [3.63, 3.8) is 0 Å². The smallest absolute Gasteiger partial charge is 0.161 e. The summed E-state index contributed by atoms with van der Waals surface area (Å²) in [7, 11) is 0. The molecule has 4 heteroatoms. The van der Waals surface area contributed by atoms with E-state index in [0.717, 1.165) is 36.7 Å². The highest BCUT2D eigenvalue weighted by molar-refractivity contribution is 6.21. The summed E-state index contributed by atoms with van der Waals surface area (Å²) in [6.45, 7) is 12.3. The quantitative estimate of drug-likeness (QED) is 0.641. The van der Waals surface area contributed by atoms with Gasteiger partial charge in [0.1, 0.15) is 0 Å². The number of halogens is 1. The summed E-state index contributed by atoms with van der Waals surface area (Å²) in [5, 5.41) is -0.0372. The Morgan fingerprint density at radius 2 is 1.60 bits per heavy atom. The Labute approximate surface area is 127 Å². The lowest BCUT2D eigenvalue weighted by molar-refractivity contribution is 0.286. The molecule has 1 rings (SSSR count). The summed E-state index contributed by atoms with van der Waals surface area (Å²) in [6, 6.07) is 5.96. The van der Waals surface area contributed by atoms with Crippen LogP contribution in [0.5, 0.6) is 11.5 Å². The molecule has 1 unspecified atom stereocenters. The van der Waals surface area contributed by atoms with Crippen LogP contribution in [0.4, 0.5) is 0 Å². The Balaban J connectivity index is 2.86. The second kappa shape index (κ2) is 9.09. The molecule has 0 aliphatic heterocycles. The summed E-state index contributed by atoms with van der Waals surface area (Å²) in [6.07, 6.45) is 0. The number of hydrogen-bond acceptors (Lipinski definition) is 3. The molecule has 0 aromatic heterocycles. The molecule has 1 atom stereocenters. The van der Waals surface area contributed by atoms with E-state index in [0.29, 0.717) is 13.2 Å². The Morgan fingerprint density at radius 1 is 1.00 bits per heavy atom. The monoisotopic (exact) mass is 299 g/mol. The normalized spacial score (nSPS) is 12.5.